The summed E-state index contributed by atoms with van der Waals surface area (Å²) in [5.74, 6) is 0.190. The van der Waals surface area contributed by atoms with E-state index in [0.717, 1.165) is 23.0 Å². The number of carbonyl (C=O) groups excluding carboxylic acids is 1. The molecule has 2 N–H and O–H groups in total. The Morgan fingerprint density at radius 2 is 2.06 bits per heavy atom. The Balaban J connectivity index is 1.34. The van der Waals surface area contributed by atoms with Gasteiger partial charge in [-0.1, -0.05) is 12.1 Å². The Hall–Kier alpha value is -2.88. The van der Waals surface area contributed by atoms with Crippen LogP contribution in [0.1, 0.15) is 50.1 Å². The molecule has 36 heavy (non-hydrogen) atoms. The van der Waals surface area contributed by atoms with Gasteiger partial charge in [0.05, 0.1) is 11.0 Å². The first-order valence-corrected chi connectivity index (χ1v) is 13.7. The van der Waals surface area contributed by atoms with Gasteiger partial charge in [0.25, 0.3) is 5.91 Å². The Kier molecular flexibility index (Phi) is 7.59. The maximum absolute atomic E-state index is 13.6. The number of para-hydroxylation sites is 2. The molecule has 0 spiro atoms. The Morgan fingerprint density at radius 1 is 1.25 bits per heavy atom. The standard InChI is InChI=1S/C27H33N3O5S/c1-2-34-26-20(6-5-14-31)21(18-11-15-36-17-18)16-24(35-26)25(32)29-12-9-19(10-13-29)30-23-8-4-3-7-22(23)28-27(30)33/h3-4,7-8,11,15-17,19-21,26,31H,2,5-6,9-10,12-14H2,1H3,(H,28,33)/t20-,21+,26+/m0/s1. The molecule has 4 heterocycles. The fourth-order valence-electron chi connectivity index (χ4n) is 5.52. The maximum atomic E-state index is 13.6. The first-order chi connectivity index (χ1) is 17.6. The van der Waals surface area contributed by atoms with E-state index in [1.807, 2.05) is 52.1 Å². The van der Waals surface area contributed by atoms with Gasteiger partial charge in [0.2, 0.25) is 6.29 Å². The third-order valence-corrected chi connectivity index (χ3v) is 7.99. The molecule has 2 aromatic heterocycles. The number of imidazole rings is 1. The zero-order chi connectivity index (χ0) is 25.1. The van der Waals surface area contributed by atoms with Crippen LogP contribution in [0.15, 0.2) is 57.7 Å². The predicted octanol–water partition coefficient (Wildman–Crippen LogP) is 4.00. The Bertz CT molecular complexity index is 1260. The summed E-state index contributed by atoms with van der Waals surface area (Å²) in [6.07, 6.45) is 4.18. The fourth-order valence-corrected chi connectivity index (χ4v) is 6.23. The molecule has 192 valence electrons. The van der Waals surface area contributed by atoms with Crippen molar-refractivity contribution in [3.63, 3.8) is 0 Å². The highest BCUT2D eigenvalue weighted by Gasteiger charge is 2.39. The summed E-state index contributed by atoms with van der Waals surface area (Å²) in [7, 11) is 0. The van der Waals surface area contributed by atoms with E-state index in [-0.39, 0.29) is 36.1 Å². The molecular formula is C27H33N3O5S. The summed E-state index contributed by atoms with van der Waals surface area (Å²) in [6.45, 7) is 3.60. The SMILES string of the molecule is CCO[C@@H]1OC(C(=O)N2CCC(n3c(=O)[nH]c4ccccc43)CC2)=C[C@H](c2ccsc2)[C@@H]1CCCO. The zero-order valence-electron chi connectivity index (χ0n) is 20.5. The average Bonchev–Trinajstić information content (AvgIpc) is 3.55. The van der Waals surface area contributed by atoms with Gasteiger partial charge in [-0.2, -0.15) is 11.3 Å². The number of H-pyrrole nitrogens is 1. The topological polar surface area (TPSA) is 96.8 Å². The van der Waals surface area contributed by atoms with Crippen LogP contribution in [0.2, 0.25) is 0 Å². The number of aliphatic hydroxyl groups excluding tert-OH is 1. The van der Waals surface area contributed by atoms with Crippen molar-refractivity contribution < 1.29 is 19.4 Å². The van der Waals surface area contributed by atoms with Crippen LogP contribution < -0.4 is 5.69 Å². The number of carbonyl (C=O) groups is 1. The molecular weight excluding hydrogens is 478 g/mol. The number of aromatic nitrogens is 2. The molecule has 3 aromatic rings. The number of benzene rings is 1. The number of ether oxygens (including phenoxy) is 2. The number of piperidine rings is 1. The lowest BCUT2D eigenvalue weighted by atomic mass is 9.81. The molecule has 1 aromatic carbocycles. The van der Waals surface area contributed by atoms with Gasteiger partial charge < -0.3 is 24.5 Å². The van der Waals surface area contributed by atoms with Crippen LogP contribution in [0, 0.1) is 5.92 Å². The van der Waals surface area contributed by atoms with Crippen molar-refractivity contribution in [1.82, 2.24) is 14.5 Å². The van der Waals surface area contributed by atoms with Crippen LogP contribution in [-0.4, -0.2) is 58.1 Å². The highest BCUT2D eigenvalue weighted by atomic mass is 32.1. The number of thiophene rings is 1. The van der Waals surface area contributed by atoms with E-state index in [1.54, 1.807) is 11.3 Å². The van der Waals surface area contributed by atoms with Crippen molar-refractivity contribution in [2.45, 2.75) is 50.9 Å². The highest BCUT2D eigenvalue weighted by molar-refractivity contribution is 7.08. The summed E-state index contributed by atoms with van der Waals surface area (Å²) in [5.41, 5.74) is 2.77. The number of hydrogen-bond donors (Lipinski definition) is 2. The third-order valence-electron chi connectivity index (χ3n) is 7.29. The molecule has 2 aliphatic heterocycles. The summed E-state index contributed by atoms with van der Waals surface area (Å²) in [4.78, 5) is 31.0. The van der Waals surface area contributed by atoms with Gasteiger partial charge in [-0.15, -0.1) is 0 Å². The number of aliphatic hydroxyl groups is 1. The van der Waals surface area contributed by atoms with Crippen molar-refractivity contribution in [2.24, 2.45) is 5.92 Å². The summed E-state index contributed by atoms with van der Waals surface area (Å²) >= 11 is 1.63. The number of nitrogens with zero attached hydrogens (tertiary/aromatic N) is 2. The Labute approximate surface area is 214 Å². The first-order valence-electron chi connectivity index (χ1n) is 12.7. The molecule has 1 amide bonds. The molecule has 1 saturated heterocycles. The van der Waals surface area contributed by atoms with Crippen molar-refractivity contribution in [1.29, 1.82) is 0 Å². The lowest BCUT2D eigenvalue weighted by Crippen LogP contribution is -2.44. The van der Waals surface area contributed by atoms with Gasteiger partial charge in [0.15, 0.2) is 5.76 Å². The van der Waals surface area contributed by atoms with Crippen LogP contribution in [0.25, 0.3) is 11.0 Å². The van der Waals surface area contributed by atoms with Crippen molar-refractivity contribution >= 4 is 28.3 Å². The lowest BCUT2D eigenvalue weighted by molar-refractivity contribution is -0.170. The largest absolute Gasteiger partial charge is 0.459 e. The van der Waals surface area contributed by atoms with E-state index in [2.05, 4.69) is 16.4 Å². The number of likely N-dealkylation sites (tertiary alicyclic amines) is 1. The summed E-state index contributed by atoms with van der Waals surface area (Å²) < 4.78 is 14.0. The monoisotopic (exact) mass is 511 g/mol. The quantitative estimate of drug-likeness (QED) is 0.477. The second kappa shape index (κ2) is 11.0. The second-order valence-corrected chi connectivity index (χ2v) is 10.2. The summed E-state index contributed by atoms with van der Waals surface area (Å²) in [6, 6.07) is 9.83. The molecule has 0 radical (unpaired) electrons. The lowest BCUT2D eigenvalue weighted by Gasteiger charge is -2.39. The third kappa shape index (κ3) is 4.87. The van der Waals surface area contributed by atoms with Crippen LogP contribution in [0.3, 0.4) is 0 Å². The minimum atomic E-state index is -0.544. The molecule has 1 fully saturated rings. The number of hydrogen-bond acceptors (Lipinski definition) is 6. The van der Waals surface area contributed by atoms with E-state index >= 15 is 0 Å². The number of allylic oxidation sites excluding steroid dienone is 1. The van der Waals surface area contributed by atoms with Gasteiger partial charge in [0.1, 0.15) is 0 Å². The molecule has 2 aliphatic rings. The highest BCUT2D eigenvalue weighted by Crippen LogP contribution is 2.40. The van der Waals surface area contributed by atoms with Gasteiger partial charge >= 0.3 is 5.69 Å². The van der Waals surface area contributed by atoms with Gasteiger partial charge in [-0.25, -0.2) is 4.79 Å². The van der Waals surface area contributed by atoms with Crippen molar-refractivity contribution in [3.8, 4) is 0 Å². The molecule has 8 nitrogen and oxygen atoms in total. The molecule has 5 rings (SSSR count). The van der Waals surface area contributed by atoms with Gasteiger partial charge in [0, 0.05) is 44.2 Å². The van der Waals surface area contributed by atoms with Gasteiger partial charge in [-0.3, -0.25) is 9.36 Å². The number of fused-ring (bicyclic) bond motifs is 1. The number of amides is 1. The van der Waals surface area contributed by atoms with E-state index in [4.69, 9.17) is 9.47 Å². The molecule has 3 atom stereocenters. The van der Waals surface area contributed by atoms with Gasteiger partial charge in [-0.05, 0) is 73.2 Å². The smallest absolute Gasteiger partial charge is 0.326 e. The zero-order valence-corrected chi connectivity index (χ0v) is 21.3. The maximum Gasteiger partial charge on any atom is 0.326 e. The number of aromatic amines is 1. The van der Waals surface area contributed by atoms with E-state index < -0.39 is 6.29 Å². The van der Waals surface area contributed by atoms with E-state index in [9.17, 15) is 14.7 Å². The second-order valence-electron chi connectivity index (χ2n) is 9.43. The minimum absolute atomic E-state index is 0.0164. The normalized spacial score (nSPS) is 23.0. The van der Waals surface area contributed by atoms with Crippen LogP contribution in [0.4, 0.5) is 0 Å². The van der Waals surface area contributed by atoms with Crippen molar-refractivity contribution in [2.75, 3.05) is 26.3 Å². The average molecular weight is 512 g/mol. The Morgan fingerprint density at radius 3 is 2.78 bits per heavy atom. The molecule has 0 saturated carbocycles. The van der Waals surface area contributed by atoms with Crippen LogP contribution in [-0.2, 0) is 14.3 Å². The molecule has 0 unspecified atom stereocenters. The van der Waals surface area contributed by atoms with Crippen molar-refractivity contribution in [3.05, 3.63) is 69.0 Å². The minimum Gasteiger partial charge on any atom is -0.459 e. The molecule has 0 aliphatic carbocycles. The number of rotatable bonds is 8. The molecule has 0 bridgehead atoms. The molecule has 9 heteroatoms. The summed E-state index contributed by atoms with van der Waals surface area (Å²) in [5, 5.41) is 13.6. The van der Waals surface area contributed by atoms with E-state index in [0.29, 0.717) is 44.7 Å². The predicted molar refractivity (Wildman–Crippen MR) is 139 cm³/mol. The number of nitrogens with one attached hydrogen (secondary N) is 1. The van der Waals surface area contributed by atoms with Crippen LogP contribution >= 0.6 is 11.3 Å². The first kappa shape index (κ1) is 24.8. The van der Waals surface area contributed by atoms with Crippen LogP contribution in [0.5, 0.6) is 0 Å². The van der Waals surface area contributed by atoms with E-state index in [1.165, 1.54) is 0 Å². The fraction of sp³-hybridized carbons (Fsp3) is 0.481.